The van der Waals surface area contributed by atoms with E-state index in [-0.39, 0.29) is 11.2 Å². The molecule has 0 fully saturated rings. The summed E-state index contributed by atoms with van der Waals surface area (Å²) in [6.07, 6.45) is 5.46. The van der Waals surface area contributed by atoms with Gasteiger partial charge in [-0.3, -0.25) is 4.98 Å². The summed E-state index contributed by atoms with van der Waals surface area (Å²) >= 11 is 2.99. The summed E-state index contributed by atoms with van der Waals surface area (Å²) < 4.78 is 6.74. The minimum atomic E-state index is -0.364. The number of carbonyl (C=O) groups is 1. The zero-order chi connectivity index (χ0) is 18.8. The number of hydrogen-bond acceptors (Lipinski definition) is 8. The van der Waals surface area contributed by atoms with Crippen LogP contribution in [-0.4, -0.2) is 38.9 Å². The third kappa shape index (κ3) is 3.63. The van der Waals surface area contributed by atoms with Gasteiger partial charge in [-0.15, -0.1) is 11.8 Å². The van der Waals surface area contributed by atoms with E-state index in [1.54, 1.807) is 18.5 Å². The highest BCUT2D eigenvalue weighted by atomic mass is 32.2. The van der Waals surface area contributed by atoms with Crippen molar-refractivity contribution in [3.8, 4) is 0 Å². The van der Waals surface area contributed by atoms with Gasteiger partial charge < -0.3 is 15.0 Å². The second-order valence-corrected chi connectivity index (χ2v) is 7.78. The maximum absolute atomic E-state index is 12.0. The zero-order valence-corrected chi connectivity index (χ0v) is 16.5. The number of hydrogen-bond donors (Lipinski definition) is 1. The number of thioether (sulfide) groups is 2. The van der Waals surface area contributed by atoms with Crippen molar-refractivity contribution in [1.82, 2.24) is 19.5 Å². The Morgan fingerprint density at radius 2 is 2.12 bits per heavy atom. The topological polar surface area (TPSA) is 95.9 Å². The summed E-state index contributed by atoms with van der Waals surface area (Å²) in [7, 11) is 3.25. The summed E-state index contributed by atoms with van der Waals surface area (Å²) in [5, 5.41) is 2.23. The molecule has 3 heterocycles. The van der Waals surface area contributed by atoms with Crippen molar-refractivity contribution in [1.29, 1.82) is 0 Å². The van der Waals surface area contributed by atoms with Gasteiger partial charge in [0.05, 0.1) is 35.3 Å². The quantitative estimate of drug-likeness (QED) is 0.307. The Balaban J connectivity index is 1.94. The van der Waals surface area contributed by atoms with Crippen molar-refractivity contribution >= 4 is 46.2 Å². The van der Waals surface area contributed by atoms with Crippen molar-refractivity contribution in [2.24, 2.45) is 7.05 Å². The number of pyridine rings is 1. The van der Waals surface area contributed by atoms with E-state index in [0.29, 0.717) is 16.5 Å². The second kappa shape index (κ2) is 7.55. The molecule has 1 unspecified atom stereocenters. The number of rotatable bonds is 5. The largest absolute Gasteiger partial charge is 0.465 e. The Hall–Kier alpha value is -2.26. The van der Waals surface area contributed by atoms with E-state index in [9.17, 15) is 4.79 Å². The predicted molar refractivity (Wildman–Crippen MR) is 105 cm³/mol. The van der Waals surface area contributed by atoms with E-state index in [4.69, 9.17) is 10.5 Å². The first-order valence-electron chi connectivity index (χ1n) is 7.81. The molecule has 0 radical (unpaired) electrons. The minimum Gasteiger partial charge on any atom is -0.465 e. The molecule has 136 valence electrons. The highest BCUT2D eigenvalue weighted by molar-refractivity contribution is 7.99. The van der Waals surface area contributed by atoms with E-state index in [1.165, 1.54) is 30.6 Å². The van der Waals surface area contributed by atoms with E-state index in [1.807, 2.05) is 30.9 Å². The SMILES string of the molecule is COC(=O)c1cn(C)c2cnc(C(C)Sc3nc(N)cc(SC)n3)cc12. The maximum atomic E-state index is 12.0. The number of ether oxygens (including phenoxy) is 1. The molecule has 0 spiro atoms. The number of anilines is 1. The fraction of sp³-hybridized carbons (Fsp3) is 0.294. The molecule has 3 aromatic heterocycles. The van der Waals surface area contributed by atoms with Crippen molar-refractivity contribution in [3.63, 3.8) is 0 Å². The van der Waals surface area contributed by atoms with Crippen molar-refractivity contribution in [2.75, 3.05) is 19.1 Å². The van der Waals surface area contributed by atoms with Crippen LogP contribution in [-0.2, 0) is 11.8 Å². The van der Waals surface area contributed by atoms with Gasteiger partial charge in [-0.2, -0.15) is 0 Å². The van der Waals surface area contributed by atoms with Crippen molar-refractivity contribution < 1.29 is 9.53 Å². The number of nitrogens with two attached hydrogens (primary N) is 1. The van der Waals surface area contributed by atoms with E-state index in [0.717, 1.165) is 21.6 Å². The number of esters is 1. The molecule has 0 saturated carbocycles. The molecule has 0 aliphatic heterocycles. The molecule has 9 heteroatoms. The summed E-state index contributed by atoms with van der Waals surface area (Å²) in [6, 6.07) is 3.66. The molecule has 1 atom stereocenters. The minimum absolute atomic E-state index is 0.0124. The predicted octanol–water partition coefficient (Wildman–Crippen LogP) is 3.31. The lowest BCUT2D eigenvalue weighted by molar-refractivity contribution is 0.0603. The lowest BCUT2D eigenvalue weighted by Crippen LogP contribution is -2.01. The van der Waals surface area contributed by atoms with Gasteiger partial charge in [0.2, 0.25) is 0 Å². The van der Waals surface area contributed by atoms with Gasteiger partial charge in [-0.25, -0.2) is 14.8 Å². The number of methoxy groups -OCH3 is 1. The highest BCUT2D eigenvalue weighted by Crippen LogP contribution is 2.34. The van der Waals surface area contributed by atoms with Gasteiger partial charge in [0.25, 0.3) is 0 Å². The third-order valence-corrected chi connectivity index (χ3v) is 5.53. The summed E-state index contributed by atoms with van der Waals surface area (Å²) in [5.74, 6) is 0.0790. The van der Waals surface area contributed by atoms with Gasteiger partial charge in [0.15, 0.2) is 5.16 Å². The summed E-state index contributed by atoms with van der Waals surface area (Å²) in [4.78, 5) is 25.3. The molecule has 2 N–H and O–H groups in total. The monoisotopic (exact) mass is 389 g/mol. The van der Waals surface area contributed by atoms with Crippen LogP contribution in [0.3, 0.4) is 0 Å². The highest BCUT2D eigenvalue weighted by Gasteiger charge is 2.18. The van der Waals surface area contributed by atoms with Crippen LogP contribution in [0, 0.1) is 0 Å². The molecule has 26 heavy (non-hydrogen) atoms. The van der Waals surface area contributed by atoms with Gasteiger partial charge >= 0.3 is 5.97 Å². The molecule has 0 aromatic carbocycles. The van der Waals surface area contributed by atoms with Crippen molar-refractivity contribution in [2.45, 2.75) is 22.4 Å². The molecule has 3 rings (SSSR count). The number of nitrogen functional groups attached to an aromatic ring is 1. The number of fused-ring (bicyclic) bond motifs is 1. The molecular weight excluding hydrogens is 370 g/mol. The van der Waals surface area contributed by atoms with Gasteiger partial charge in [-0.1, -0.05) is 11.8 Å². The maximum Gasteiger partial charge on any atom is 0.340 e. The van der Waals surface area contributed by atoms with E-state index >= 15 is 0 Å². The first kappa shape index (κ1) is 18.5. The molecule has 7 nitrogen and oxygen atoms in total. The molecule has 0 aliphatic rings. The molecular formula is C17H19N5O2S2. The van der Waals surface area contributed by atoms with Crippen LogP contribution in [0.25, 0.3) is 10.9 Å². The average Bonchev–Trinajstić information content (AvgIpc) is 2.96. The Bertz CT molecular complexity index is 973. The van der Waals surface area contributed by atoms with E-state index < -0.39 is 0 Å². The normalized spacial score (nSPS) is 12.3. The fourth-order valence-corrected chi connectivity index (χ4v) is 3.93. The van der Waals surface area contributed by atoms with Crippen LogP contribution in [0.15, 0.2) is 34.7 Å². The van der Waals surface area contributed by atoms with E-state index in [2.05, 4.69) is 15.0 Å². The van der Waals surface area contributed by atoms with Crippen LogP contribution < -0.4 is 5.73 Å². The first-order valence-corrected chi connectivity index (χ1v) is 9.92. The Morgan fingerprint density at radius 3 is 2.81 bits per heavy atom. The number of aromatic nitrogens is 4. The van der Waals surface area contributed by atoms with Gasteiger partial charge in [0.1, 0.15) is 10.8 Å². The molecule has 0 bridgehead atoms. The first-order chi connectivity index (χ1) is 12.4. The molecule has 0 saturated heterocycles. The van der Waals surface area contributed by atoms with Crippen LogP contribution in [0.2, 0.25) is 0 Å². The smallest absolute Gasteiger partial charge is 0.340 e. The molecule has 0 aliphatic carbocycles. The summed E-state index contributed by atoms with van der Waals surface area (Å²) in [6.45, 7) is 2.02. The lowest BCUT2D eigenvalue weighted by atomic mass is 10.1. The number of nitrogens with zero attached hydrogens (tertiary/aromatic N) is 4. The zero-order valence-electron chi connectivity index (χ0n) is 14.9. The molecule has 0 amide bonds. The standard InChI is InChI=1S/C17H19N5O2S2/c1-9(26-17-20-14(18)6-15(21-17)25-4)12-5-10-11(16(23)24-3)8-22(2)13(10)7-19-12/h5-9H,1-4H3,(H2,18,20,21). The Morgan fingerprint density at radius 1 is 1.35 bits per heavy atom. The van der Waals surface area contributed by atoms with Crippen LogP contribution in [0.5, 0.6) is 0 Å². The van der Waals surface area contributed by atoms with Gasteiger partial charge in [-0.05, 0) is 19.2 Å². The van der Waals surface area contributed by atoms with Crippen LogP contribution in [0.4, 0.5) is 5.82 Å². The fourth-order valence-electron chi connectivity index (χ4n) is 2.59. The van der Waals surface area contributed by atoms with Gasteiger partial charge in [0, 0.05) is 24.7 Å². The number of aryl methyl sites for hydroxylation is 1. The summed E-state index contributed by atoms with van der Waals surface area (Å²) in [5.41, 5.74) is 8.07. The second-order valence-electron chi connectivity index (χ2n) is 5.65. The number of carbonyl (C=O) groups excluding carboxylic acids is 1. The van der Waals surface area contributed by atoms with Crippen LogP contribution >= 0.6 is 23.5 Å². The average molecular weight is 390 g/mol. The Labute approximate surface area is 159 Å². The lowest BCUT2D eigenvalue weighted by Gasteiger charge is -2.11. The Kier molecular flexibility index (Phi) is 5.38. The van der Waals surface area contributed by atoms with Crippen molar-refractivity contribution in [3.05, 3.63) is 35.8 Å². The third-order valence-electron chi connectivity index (χ3n) is 3.91. The van der Waals surface area contributed by atoms with Crippen LogP contribution in [0.1, 0.15) is 28.2 Å². The molecule has 3 aromatic rings.